The summed E-state index contributed by atoms with van der Waals surface area (Å²) in [5.74, 6) is -0.689. The van der Waals surface area contributed by atoms with E-state index in [0.717, 1.165) is 51.4 Å². The van der Waals surface area contributed by atoms with E-state index in [9.17, 15) is 9.90 Å². The van der Waals surface area contributed by atoms with Crippen molar-refractivity contribution in [3.63, 3.8) is 0 Å². The summed E-state index contributed by atoms with van der Waals surface area (Å²) in [5.41, 5.74) is 0. The molecule has 0 spiro atoms. The van der Waals surface area contributed by atoms with Gasteiger partial charge < -0.3 is 10.2 Å². The molecule has 0 aliphatic carbocycles. The number of carboxylic acids is 1. The summed E-state index contributed by atoms with van der Waals surface area (Å²) in [7, 11) is 0. The van der Waals surface area contributed by atoms with Gasteiger partial charge in [0.2, 0.25) is 0 Å². The molecule has 22 heavy (non-hydrogen) atoms. The van der Waals surface area contributed by atoms with Crippen molar-refractivity contribution in [1.82, 2.24) is 0 Å². The van der Waals surface area contributed by atoms with Gasteiger partial charge in [-0.15, -0.1) is 0 Å². The van der Waals surface area contributed by atoms with Crippen LogP contribution in [0.2, 0.25) is 0 Å². The van der Waals surface area contributed by atoms with Crippen molar-refractivity contribution < 1.29 is 15.0 Å². The summed E-state index contributed by atoms with van der Waals surface area (Å²) in [6, 6.07) is 0. The summed E-state index contributed by atoms with van der Waals surface area (Å²) in [6.07, 6.45) is 17.4. The van der Waals surface area contributed by atoms with E-state index < -0.39 is 5.97 Å². The van der Waals surface area contributed by atoms with Crippen LogP contribution in [0, 0.1) is 0 Å². The van der Waals surface area contributed by atoms with Gasteiger partial charge in [-0.05, 0) is 32.1 Å². The molecule has 0 aromatic carbocycles. The molecule has 0 aliphatic heterocycles. The number of aliphatic hydroxyl groups excluding tert-OH is 1. The van der Waals surface area contributed by atoms with Gasteiger partial charge in [0.05, 0.1) is 6.10 Å². The van der Waals surface area contributed by atoms with E-state index in [1.165, 1.54) is 25.7 Å². The van der Waals surface area contributed by atoms with Crippen molar-refractivity contribution >= 4 is 24.8 Å². The third-order valence-corrected chi connectivity index (χ3v) is 3.73. The summed E-state index contributed by atoms with van der Waals surface area (Å²) in [4.78, 5) is 10.3. The summed E-state index contributed by atoms with van der Waals surface area (Å²) >= 11 is 0. The van der Waals surface area contributed by atoms with Gasteiger partial charge in [0, 0.05) is 6.42 Å². The molecule has 0 heterocycles. The molecule has 0 rings (SSSR count). The fourth-order valence-corrected chi connectivity index (χ4v) is 2.36. The van der Waals surface area contributed by atoms with Gasteiger partial charge in [0.25, 0.3) is 0 Å². The summed E-state index contributed by atoms with van der Waals surface area (Å²) in [6.45, 7) is 2.20. The van der Waals surface area contributed by atoms with E-state index in [-0.39, 0.29) is 25.0 Å². The van der Waals surface area contributed by atoms with Crippen LogP contribution in [-0.2, 0) is 4.79 Å². The molecule has 0 fully saturated rings. The first kappa shape index (κ1) is 24.0. The SMILES string of the molecule is CCCCCC[C@@H](O)C/C=C\CCCCCCCC(=O)O.[LiH]. The van der Waals surface area contributed by atoms with Crippen LogP contribution in [0.15, 0.2) is 12.2 Å². The predicted molar refractivity (Wildman–Crippen MR) is 95.6 cm³/mol. The van der Waals surface area contributed by atoms with Crippen molar-refractivity contribution in [3.8, 4) is 0 Å². The van der Waals surface area contributed by atoms with E-state index >= 15 is 0 Å². The quantitative estimate of drug-likeness (QED) is 0.267. The van der Waals surface area contributed by atoms with E-state index in [4.69, 9.17) is 5.11 Å². The second-order valence-electron chi connectivity index (χ2n) is 5.91. The number of aliphatic carboxylic acids is 1. The van der Waals surface area contributed by atoms with Gasteiger partial charge in [-0.3, -0.25) is 4.79 Å². The molecule has 0 aromatic rings. The van der Waals surface area contributed by atoms with Gasteiger partial charge in [-0.1, -0.05) is 64.0 Å². The molecule has 1 atom stereocenters. The zero-order valence-corrected chi connectivity index (χ0v) is 13.7. The maximum absolute atomic E-state index is 10.3. The monoisotopic (exact) mass is 306 g/mol. The molecule has 0 radical (unpaired) electrons. The topological polar surface area (TPSA) is 57.5 Å². The van der Waals surface area contributed by atoms with Gasteiger partial charge in [-0.25, -0.2) is 0 Å². The fourth-order valence-electron chi connectivity index (χ4n) is 2.36. The summed E-state index contributed by atoms with van der Waals surface area (Å²) < 4.78 is 0. The second kappa shape index (κ2) is 18.8. The molecule has 2 N–H and O–H groups in total. The molecule has 0 amide bonds. The Labute approximate surface area is 148 Å². The Balaban J connectivity index is 0. The first-order valence-corrected chi connectivity index (χ1v) is 8.71. The molecular weight excluding hydrogens is 271 g/mol. The number of unbranched alkanes of at least 4 members (excludes halogenated alkanes) is 8. The normalized spacial score (nSPS) is 12.3. The van der Waals surface area contributed by atoms with Crippen LogP contribution in [-0.4, -0.2) is 41.1 Å². The van der Waals surface area contributed by atoms with Crippen molar-refractivity contribution in [2.75, 3.05) is 0 Å². The Morgan fingerprint density at radius 2 is 1.59 bits per heavy atom. The van der Waals surface area contributed by atoms with Gasteiger partial charge in [-0.2, -0.15) is 0 Å². The van der Waals surface area contributed by atoms with Crippen molar-refractivity contribution in [2.24, 2.45) is 0 Å². The summed E-state index contributed by atoms with van der Waals surface area (Å²) in [5, 5.41) is 18.3. The van der Waals surface area contributed by atoms with E-state index in [2.05, 4.69) is 19.1 Å². The van der Waals surface area contributed by atoms with Crippen molar-refractivity contribution in [1.29, 1.82) is 0 Å². The van der Waals surface area contributed by atoms with Gasteiger partial charge in [0.1, 0.15) is 0 Å². The van der Waals surface area contributed by atoms with Crippen LogP contribution in [0.5, 0.6) is 0 Å². The first-order valence-electron chi connectivity index (χ1n) is 8.71. The van der Waals surface area contributed by atoms with E-state index in [1.54, 1.807) is 0 Å². The van der Waals surface area contributed by atoms with Crippen LogP contribution in [0.3, 0.4) is 0 Å². The van der Waals surface area contributed by atoms with Crippen LogP contribution < -0.4 is 0 Å². The third kappa shape index (κ3) is 19.8. The number of carbonyl (C=O) groups is 1. The zero-order chi connectivity index (χ0) is 15.8. The standard InChI is InChI=1S/C18H34O3.Li.H/c1-2-3-4-11-14-17(19)15-12-9-7-5-6-8-10-13-16-18(20)21;;/h9,12,17,19H,2-8,10-11,13-16H2,1H3,(H,20,21);;/b12-9-;;/t17-;;/m1../s1. The molecule has 0 aliphatic rings. The zero-order valence-electron chi connectivity index (χ0n) is 13.7. The molecule has 0 bridgehead atoms. The Bertz CT molecular complexity index is 267. The molecule has 3 nitrogen and oxygen atoms in total. The minimum absolute atomic E-state index is 0. The number of aliphatic hydroxyl groups is 1. The van der Waals surface area contributed by atoms with Gasteiger partial charge >= 0.3 is 24.8 Å². The van der Waals surface area contributed by atoms with Crippen LogP contribution in [0.1, 0.15) is 90.4 Å². The third-order valence-electron chi connectivity index (χ3n) is 3.73. The average Bonchev–Trinajstić information content (AvgIpc) is 2.45. The van der Waals surface area contributed by atoms with E-state index in [1.807, 2.05) is 0 Å². The van der Waals surface area contributed by atoms with Crippen molar-refractivity contribution in [2.45, 2.75) is 96.5 Å². The molecule has 126 valence electrons. The Kier molecular flexibility index (Phi) is 20.5. The molecule has 0 unspecified atom stereocenters. The van der Waals surface area contributed by atoms with Crippen LogP contribution in [0.25, 0.3) is 0 Å². The Morgan fingerprint density at radius 1 is 0.955 bits per heavy atom. The van der Waals surface area contributed by atoms with Crippen LogP contribution >= 0.6 is 0 Å². The molecule has 4 heteroatoms. The number of carboxylic acid groups (broad SMARTS) is 1. The fraction of sp³-hybridized carbons (Fsp3) is 0.833. The number of allylic oxidation sites excluding steroid dienone is 1. The number of rotatable bonds is 15. The Morgan fingerprint density at radius 3 is 2.27 bits per heavy atom. The minimum atomic E-state index is -0.689. The van der Waals surface area contributed by atoms with Gasteiger partial charge in [0.15, 0.2) is 0 Å². The second-order valence-corrected chi connectivity index (χ2v) is 5.91. The molecule has 0 aromatic heterocycles. The number of hydrogen-bond donors (Lipinski definition) is 2. The average molecular weight is 306 g/mol. The number of hydrogen-bond acceptors (Lipinski definition) is 2. The molecule has 0 saturated heterocycles. The van der Waals surface area contributed by atoms with Crippen LogP contribution in [0.4, 0.5) is 0 Å². The van der Waals surface area contributed by atoms with Crippen molar-refractivity contribution in [3.05, 3.63) is 12.2 Å². The van der Waals surface area contributed by atoms with E-state index in [0.29, 0.717) is 6.42 Å². The predicted octanol–water partition coefficient (Wildman–Crippen LogP) is 4.43. The first-order chi connectivity index (χ1) is 10.2. The molecule has 0 saturated carbocycles. The Hall–Kier alpha value is -0.233. The molecular formula is C18H35LiO3. The maximum atomic E-state index is 10.3.